The fourth-order valence-electron chi connectivity index (χ4n) is 7.61. The highest BCUT2D eigenvalue weighted by atomic mass is 16.6. The average molecular weight is 984 g/mol. The van der Waals surface area contributed by atoms with Crippen molar-refractivity contribution >= 4 is 17.9 Å². The molecule has 71 heavy (non-hydrogen) atoms. The van der Waals surface area contributed by atoms with Crippen LogP contribution in [0.15, 0.2) is 122 Å². The van der Waals surface area contributed by atoms with Crippen LogP contribution < -0.4 is 0 Å². The second kappa shape index (κ2) is 58.4. The summed E-state index contributed by atoms with van der Waals surface area (Å²) in [6, 6.07) is 0. The Morgan fingerprint density at radius 3 is 0.915 bits per heavy atom. The molecule has 0 aromatic heterocycles. The summed E-state index contributed by atoms with van der Waals surface area (Å²) in [6.07, 6.45) is 81.0. The van der Waals surface area contributed by atoms with Crippen LogP contribution in [0.1, 0.15) is 252 Å². The summed E-state index contributed by atoms with van der Waals surface area (Å²) in [5.41, 5.74) is 0. The van der Waals surface area contributed by atoms with Gasteiger partial charge in [0.25, 0.3) is 0 Å². The van der Waals surface area contributed by atoms with Crippen molar-refractivity contribution in [2.75, 3.05) is 13.2 Å². The van der Waals surface area contributed by atoms with E-state index in [1.165, 1.54) is 64.2 Å². The number of esters is 3. The number of unbranched alkanes of at least 4 members (excludes halogenated alkanes) is 20. The molecule has 0 heterocycles. The highest BCUT2D eigenvalue weighted by Gasteiger charge is 2.19. The Bertz CT molecular complexity index is 1500. The zero-order valence-electron chi connectivity index (χ0n) is 45.9. The normalized spacial score (nSPS) is 13.0. The number of hydrogen-bond donors (Lipinski definition) is 0. The summed E-state index contributed by atoms with van der Waals surface area (Å²) in [7, 11) is 0. The largest absolute Gasteiger partial charge is 0.462 e. The molecule has 0 aromatic rings. The van der Waals surface area contributed by atoms with Crippen molar-refractivity contribution in [2.45, 2.75) is 258 Å². The molecule has 6 heteroatoms. The summed E-state index contributed by atoms with van der Waals surface area (Å²) in [5, 5.41) is 0. The van der Waals surface area contributed by atoms with Crippen molar-refractivity contribution < 1.29 is 28.6 Å². The van der Waals surface area contributed by atoms with Gasteiger partial charge < -0.3 is 14.2 Å². The zero-order valence-corrected chi connectivity index (χ0v) is 45.9. The minimum Gasteiger partial charge on any atom is -0.462 e. The summed E-state index contributed by atoms with van der Waals surface area (Å²) in [5.74, 6) is -0.923. The smallest absolute Gasteiger partial charge is 0.306 e. The Kier molecular flexibility index (Phi) is 54.9. The highest BCUT2D eigenvalue weighted by molar-refractivity contribution is 5.71. The molecule has 0 aliphatic carbocycles. The van der Waals surface area contributed by atoms with E-state index in [1.807, 2.05) is 0 Å². The fourth-order valence-corrected chi connectivity index (χ4v) is 7.61. The molecular formula is C65H106O6. The van der Waals surface area contributed by atoms with E-state index in [9.17, 15) is 14.4 Å². The van der Waals surface area contributed by atoms with E-state index in [0.29, 0.717) is 19.3 Å². The molecule has 0 aliphatic heterocycles. The van der Waals surface area contributed by atoms with Gasteiger partial charge in [-0.3, -0.25) is 14.4 Å². The van der Waals surface area contributed by atoms with Crippen molar-refractivity contribution in [3.05, 3.63) is 122 Å². The molecule has 402 valence electrons. The molecule has 0 N–H and O–H groups in total. The lowest BCUT2D eigenvalue weighted by Gasteiger charge is -2.18. The van der Waals surface area contributed by atoms with Gasteiger partial charge in [0.1, 0.15) is 13.2 Å². The first kappa shape index (κ1) is 66.8. The average Bonchev–Trinajstić information content (AvgIpc) is 3.37. The Hall–Kier alpha value is -4.19. The molecular weight excluding hydrogens is 877 g/mol. The quantitative estimate of drug-likeness (QED) is 0.0261. The van der Waals surface area contributed by atoms with Crippen LogP contribution >= 0.6 is 0 Å². The van der Waals surface area contributed by atoms with Gasteiger partial charge in [0.2, 0.25) is 0 Å². The fraction of sp³-hybridized carbons (Fsp3) is 0.646. The summed E-state index contributed by atoms with van der Waals surface area (Å²) in [6.45, 7) is 6.35. The van der Waals surface area contributed by atoms with Crippen LogP contribution in [0.3, 0.4) is 0 Å². The van der Waals surface area contributed by atoms with Crippen LogP contribution in [-0.4, -0.2) is 37.2 Å². The maximum atomic E-state index is 12.7. The van der Waals surface area contributed by atoms with Gasteiger partial charge >= 0.3 is 17.9 Å². The second-order valence-corrected chi connectivity index (χ2v) is 18.8. The van der Waals surface area contributed by atoms with Crippen molar-refractivity contribution in [3.8, 4) is 0 Å². The lowest BCUT2D eigenvalue weighted by Crippen LogP contribution is -2.30. The Morgan fingerprint density at radius 1 is 0.296 bits per heavy atom. The molecule has 0 bridgehead atoms. The van der Waals surface area contributed by atoms with Crippen molar-refractivity contribution in [3.63, 3.8) is 0 Å². The lowest BCUT2D eigenvalue weighted by atomic mass is 10.1. The molecule has 0 fully saturated rings. The van der Waals surface area contributed by atoms with E-state index in [4.69, 9.17) is 14.2 Å². The van der Waals surface area contributed by atoms with Crippen LogP contribution in [-0.2, 0) is 28.6 Å². The third kappa shape index (κ3) is 56.6. The zero-order chi connectivity index (χ0) is 51.4. The van der Waals surface area contributed by atoms with Crippen LogP contribution in [0.25, 0.3) is 0 Å². The molecule has 0 radical (unpaired) electrons. The summed E-state index contributed by atoms with van der Waals surface area (Å²) >= 11 is 0. The Morgan fingerprint density at radius 2 is 0.577 bits per heavy atom. The third-order valence-corrected chi connectivity index (χ3v) is 11.9. The van der Waals surface area contributed by atoms with Crippen LogP contribution in [0.5, 0.6) is 0 Å². The topological polar surface area (TPSA) is 78.9 Å². The van der Waals surface area contributed by atoms with E-state index >= 15 is 0 Å². The number of rotatable bonds is 51. The first-order chi connectivity index (χ1) is 35.0. The number of hydrogen-bond acceptors (Lipinski definition) is 6. The van der Waals surface area contributed by atoms with Gasteiger partial charge in [0, 0.05) is 19.3 Å². The van der Waals surface area contributed by atoms with E-state index in [2.05, 4.69) is 142 Å². The minimum absolute atomic E-state index is 0.0864. The molecule has 0 spiro atoms. The summed E-state index contributed by atoms with van der Waals surface area (Å²) in [4.78, 5) is 37.7. The number of ether oxygens (including phenoxy) is 3. The molecule has 0 saturated carbocycles. The minimum atomic E-state index is -0.784. The molecule has 1 atom stereocenters. The third-order valence-electron chi connectivity index (χ3n) is 11.9. The number of allylic oxidation sites excluding steroid dienone is 20. The Labute approximate surface area is 437 Å². The second-order valence-electron chi connectivity index (χ2n) is 18.8. The standard InChI is InChI=1S/C65H106O6/c1-4-7-10-13-15-17-19-21-22-23-24-25-26-27-28-29-30-31-32-33-34-35-36-37-38-39-40-41-42-44-45-47-49-52-55-58-64(67)70-61-62(60-69-63(66)57-54-51-12-9-6-3)71-65(68)59-56-53-50-48-46-43-20-18-16-14-11-8-5-2/h7,10-11,14-15,17-18,20-22,24-25,27-28,30-31,33-34,36-37,62H,4-6,8-9,12-13,16,19,23,26,29,32,35,38-61H2,1-3H3/b10-7-,14-11-,17-15-,20-18-,22-21-,25-24-,28-27-,31-30-,34-33-,37-36-. The van der Waals surface area contributed by atoms with Crippen LogP contribution in [0.4, 0.5) is 0 Å². The van der Waals surface area contributed by atoms with Gasteiger partial charge in [0.15, 0.2) is 6.10 Å². The highest BCUT2D eigenvalue weighted by Crippen LogP contribution is 2.14. The van der Waals surface area contributed by atoms with Gasteiger partial charge in [-0.05, 0) is 109 Å². The van der Waals surface area contributed by atoms with Gasteiger partial charge in [0.05, 0.1) is 0 Å². The molecule has 0 amide bonds. The molecule has 0 aromatic carbocycles. The van der Waals surface area contributed by atoms with Gasteiger partial charge in [-0.1, -0.05) is 245 Å². The van der Waals surface area contributed by atoms with E-state index < -0.39 is 6.10 Å². The number of carbonyl (C=O) groups is 3. The summed E-state index contributed by atoms with van der Waals surface area (Å²) < 4.78 is 16.7. The predicted octanol–water partition coefficient (Wildman–Crippen LogP) is 19.6. The van der Waals surface area contributed by atoms with Gasteiger partial charge in [-0.25, -0.2) is 0 Å². The molecule has 0 rings (SSSR count). The van der Waals surface area contributed by atoms with Crippen molar-refractivity contribution in [1.29, 1.82) is 0 Å². The van der Waals surface area contributed by atoms with Crippen molar-refractivity contribution in [1.82, 2.24) is 0 Å². The molecule has 0 aliphatic rings. The predicted molar refractivity (Wildman–Crippen MR) is 306 cm³/mol. The molecule has 6 nitrogen and oxygen atoms in total. The SMILES string of the molecule is CC/C=C\C/C=C\C/C=C\C/C=C\C/C=C\C/C=C\C/C=C\C/C=C\CCCCCCCCCCCCC(=O)OCC(COC(=O)CCCCCCC)OC(=O)CCCCCCC/C=C\C/C=C\CCC. The van der Waals surface area contributed by atoms with Crippen molar-refractivity contribution in [2.24, 2.45) is 0 Å². The number of carbonyl (C=O) groups excluding carboxylic acids is 3. The maximum Gasteiger partial charge on any atom is 0.306 e. The first-order valence-electron chi connectivity index (χ1n) is 29.0. The van der Waals surface area contributed by atoms with Gasteiger partial charge in [-0.2, -0.15) is 0 Å². The Balaban J connectivity index is 4.02. The maximum absolute atomic E-state index is 12.7. The molecule has 1 unspecified atom stereocenters. The van der Waals surface area contributed by atoms with E-state index in [1.54, 1.807) is 0 Å². The van der Waals surface area contributed by atoms with E-state index in [-0.39, 0.29) is 31.1 Å². The molecule has 0 saturated heterocycles. The first-order valence-corrected chi connectivity index (χ1v) is 29.0. The monoisotopic (exact) mass is 983 g/mol. The van der Waals surface area contributed by atoms with Crippen LogP contribution in [0.2, 0.25) is 0 Å². The van der Waals surface area contributed by atoms with Crippen LogP contribution in [0, 0.1) is 0 Å². The van der Waals surface area contributed by atoms with Gasteiger partial charge in [-0.15, -0.1) is 0 Å². The lowest BCUT2D eigenvalue weighted by molar-refractivity contribution is -0.167. The van der Waals surface area contributed by atoms with E-state index in [0.717, 1.165) is 148 Å².